The van der Waals surface area contributed by atoms with E-state index in [1.54, 1.807) is 38.1 Å². The Morgan fingerprint density at radius 1 is 1.30 bits per heavy atom. The minimum Gasteiger partial charge on any atom is -0.492 e. The van der Waals surface area contributed by atoms with Crippen LogP contribution in [0, 0.1) is 5.41 Å². The second-order valence-corrected chi connectivity index (χ2v) is 7.90. The lowest BCUT2D eigenvalue weighted by atomic mass is 9.98. The molecular formula is C13H17ClO5S. The van der Waals surface area contributed by atoms with Gasteiger partial charge in [0.2, 0.25) is 9.05 Å². The van der Waals surface area contributed by atoms with Gasteiger partial charge in [-0.15, -0.1) is 0 Å². The molecule has 0 saturated heterocycles. The molecule has 5 nitrogen and oxygen atoms in total. The molecule has 0 aromatic heterocycles. The third kappa shape index (κ3) is 5.38. The van der Waals surface area contributed by atoms with Crippen molar-refractivity contribution in [1.29, 1.82) is 0 Å². The summed E-state index contributed by atoms with van der Waals surface area (Å²) in [7, 11) is 2.91. The summed E-state index contributed by atoms with van der Waals surface area (Å²) in [5.41, 5.74) is -0.386. The summed E-state index contributed by atoms with van der Waals surface area (Å²) in [6.45, 7) is 3.54. The molecule has 0 aliphatic rings. The zero-order chi connectivity index (χ0) is 15.4. The average Bonchev–Trinajstić information content (AvgIpc) is 2.33. The molecule has 0 spiro atoms. The third-order valence-electron chi connectivity index (χ3n) is 2.47. The predicted octanol–water partition coefficient (Wildman–Crippen LogP) is 2.45. The number of hydrogen-bond donors (Lipinski definition) is 0. The monoisotopic (exact) mass is 320 g/mol. The molecule has 0 aliphatic carbocycles. The van der Waals surface area contributed by atoms with Gasteiger partial charge in [-0.25, -0.2) is 13.2 Å². The van der Waals surface area contributed by atoms with E-state index < -0.39 is 20.4 Å². The molecular weight excluding hydrogens is 304 g/mol. The highest BCUT2D eigenvalue weighted by Gasteiger charge is 2.26. The van der Waals surface area contributed by atoms with E-state index in [1.807, 2.05) is 0 Å². The standard InChI is InChI=1S/C13H17ClO5S/c1-13(2,9-20(14,16)17)8-19-11-7-5-4-6-10(11)12(15)18-3/h4-7H,8-9H2,1-3H3. The van der Waals surface area contributed by atoms with Gasteiger partial charge < -0.3 is 9.47 Å². The van der Waals surface area contributed by atoms with Gasteiger partial charge in [0.05, 0.1) is 19.5 Å². The lowest BCUT2D eigenvalue weighted by molar-refractivity contribution is 0.0593. The highest BCUT2D eigenvalue weighted by atomic mass is 35.7. The van der Waals surface area contributed by atoms with Crippen LogP contribution >= 0.6 is 10.7 Å². The van der Waals surface area contributed by atoms with Crippen LogP contribution in [0.2, 0.25) is 0 Å². The molecule has 1 rings (SSSR count). The van der Waals surface area contributed by atoms with Gasteiger partial charge >= 0.3 is 5.97 Å². The summed E-state index contributed by atoms with van der Waals surface area (Å²) in [4.78, 5) is 11.6. The van der Waals surface area contributed by atoms with Crippen LogP contribution < -0.4 is 4.74 Å². The summed E-state index contributed by atoms with van der Waals surface area (Å²) >= 11 is 0. The quantitative estimate of drug-likeness (QED) is 0.595. The van der Waals surface area contributed by atoms with E-state index in [0.717, 1.165) is 0 Å². The third-order valence-corrected chi connectivity index (χ3v) is 3.93. The van der Waals surface area contributed by atoms with Crippen molar-refractivity contribution in [3.05, 3.63) is 29.8 Å². The highest BCUT2D eigenvalue weighted by Crippen LogP contribution is 2.24. The SMILES string of the molecule is COC(=O)c1ccccc1OCC(C)(C)CS(=O)(=O)Cl. The average molecular weight is 321 g/mol. The Labute approximate surface area is 123 Å². The fourth-order valence-corrected chi connectivity index (χ4v) is 3.56. The molecule has 7 heteroatoms. The van der Waals surface area contributed by atoms with Crippen molar-refractivity contribution in [2.24, 2.45) is 5.41 Å². The van der Waals surface area contributed by atoms with Crippen molar-refractivity contribution in [3.8, 4) is 5.75 Å². The number of para-hydroxylation sites is 1. The number of esters is 1. The molecule has 0 fully saturated rings. The van der Waals surface area contributed by atoms with Gasteiger partial charge in [0, 0.05) is 16.1 Å². The molecule has 0 radical (unpaired) electrons. The minimum atomic E-state index is -3.62. The van der Waals surface area contributed by atoms with Crippen molar-refractivity contribution in [3.63, 3.8) is 0 Å². The zero-order valence-corrected chi connectivity index (χ0v) is 13.1. The van der Waals surface area contributed by atoms with Gasteiger partial charge in [-0.1, -0.05) is 26.0 Å². The fourth-order valence-electron chi connectivity index (χ4n) is 1.65. The summed E-state index contributed by atoms with van der Waals surface area (Å²) < 4.78 is 32.4. The molecule has 20 heavy (non-hydrogen) atoms. The van der Waals surface area contributed by atoms with Gasteiger partial charge in [0.15, 0.2) is 0 Å². The van der Waals surface area contributed by atoms with Crippen LogP contribution in [0.5, 0.6) is 5.75 Å². The molecule has 1 aromatic carbocycles. The first-order valence-electron chi connectivity index (χ1n) is 5.87. The Morgan fingerprint density at radius 3 is 2.45 bits per heavy atom. The maximum absolute atomic E-state index is 11.6. The number of carbonyl (C=O) groups is 1. The van der Waals surface area contributed by atoms with E-state index in [4.69, 9.17) is 15.4 Å². The molecule has 1 aromatic rings. The first-order chi connectivity index (χ1) is 9.14. The summed E-state index contributed by atoms with van der Waals surface area (Å²) in [5, 5.41) is 0. The summed E-state index contributed by atoms with van der Waals surface area (Å²) in [6.07, 6.45) is 0. The van der Waals surface area contributed by atoms with E-state index in [1.165, 1.54) is 7.11 Å². The number of rotatable bonds is 6. The molecule has 0 aliphatic heterocycles. The van der Waals surface area contributed by atoms with Crippen LogP contribution in [0.1, 0.15) is 24.2 Å². The number of hydrogen-bond acceptors (Lipinski definition) is 5. The second-order valence-electron chi connectivity index (χ2n) is 5.12. The Balaban J connectivity index is 2.82. The molecule has 0 bridgehead atoms. The summed E-state index contributed by atoms with van der Waals surface area (Å²) in [5.74, 6) is -0.384. The second kappa shape index (κ2) is 6.45. The topological polar surface area (TPSA) is 69.7 Å². The van der Waals surface area contributed by atoms with Crippen molar-refractivity contribution < 1.29 is 22.7 Å². The maximum atomic E-state index is 11.6. The van der Waals surface area contributed by atoms with Crippen LogP contribution in [0.4, 0.5) is 0 Å². The zero-order valence-electron chi connectivity index (χ0n) is 11.6. The lowest BCUT2D eigenvalue weighted by Gasteiger charge is -2.23. The van der Waals surface area contributed by atoms with Crippen LogP contribution in [0.15, 0.2) is 24.3 Å². The fraction of sp³-hybridized carbons (Fsp3) is 0.462. The minimum absolute atomic E-state index is 0.104. The smallest absolute Gasteiger partial charge is 0.341 e. The number of halogens is 1. The highest BCUT2D eigenvalue weighted by molar-refractivity contribution is 8.13. The Hall–Kier alpha value is -1.27. The van der Waals surface area contributed by atoms with Crippen molar-refractivity contribution in [2.75, 3.05) is 19.5 Å². The molecule has 0 amide bonds. The van der Waals surface area contributed by atoms with Crippen molar-refractivity contribution in [2.45, 2.75) is 13.8 Å². The predicted molar refractivity (Wildman–Crippen MR) is 76.7 cm³/mol. The van der Waals surface area contributed by atoms with Crippen LogP contribution in [-0.4, -0.2) is 33.9 Å². The Morgan fingerprint density at radius 2 is 1.90 bits per heavy atom. The Bertz CT molecular complexity index is 580. The van der Waals surface area contributed by atoms with Crippen LogP contribution in [-0.2, 0) is 13.8 Å². The lowest BCUT2D eigenvalue weighted by Crippen LogP contribution is -2.28. The van der Waals surface area contributed by atoms with Crippen molar-refractivity contribution >= 4 is 25.7 Å². The maximum Gasteiger partial charge on any atom is 0.341 e. The number of carbonyl (C=O) groups excluding carboxylic acids is 1. The van der Waals surface area contributed by atoms with E-state index in [2.05, 4.69) is 4.74 Å². The number of ether oxygens (including phenoxy) is 2. The van der Waals surface area contributed by atoms with Gasteiger partial charge in [-0.05, 0) is 12.1 Å². The van der Waals surface area contributed by atoms with E-state index in [9.17, 15) is 13.2 Å². The van der Waals surface area contributed by atoms with E-state index in [-0.39, 0.29) is 12.4 Å². The molecule has 0 saturated carbocycles. The van der Waals surface area contributed by atoms with Crippen LogP contribution in [0.25, 0.3) is 0 Å². The number of methoxy groups -OCH3 is 1. The molecule has 0 heterocycles. The molecule has 0 atom stereocenters. The largest absolute Gasteiger partial charge is 0.492 e. The van der Waals surface area contributed by atoms with Gasteiger partial charge in [0.1, 0.15) is 11.3 Å². The van der Waals surface area contributed by atoms with Crippen LogP contribution in [0.3, 0.4) is 0 Å². The van der Waals surface area contributed by atoms with Crippen molar-refractivity contribution in [1.82, 2.24) is 0 Å². The van der Waals surface area contributed by atoms with Gasteiger partial charge in [-0.3, -0.25) is 0 Å². The molecule has 0 N–H and O–H groups in total. The first-order valence-corrected chi connectivity index (χ1v) is 8.35. The summed E-state index contributed by atoms with van der Waals surface area (Å²) in [6, 6.07) is 6.60. The van der Waals surface area contributed by atoms with Gasteiger partial charge in [0.25, 0.3) is 0 Å². The normalized spacial score (nSPS) is 12.0. The first kappa shape index (κ1) is 16.8. The Kier molecular flexibility index (Phi) is 5.42. The van der Waals surface area contributed by atoms with E-state index in [0.29, 0.717) is 11.3 Å². The molecule has 0 unspecified atom stereocenters. The van der Waals surface area contributed by atoms with Gasteiger partial charge in [-0.2, -0.15) is 0 Å². The number of benzene rings is 1. The molecule has 112 valence electrons. The van der Waals surface area contributed by atoms with E-state index >= 15 is 0 Å².